The van der Waals surface area contributed by atoms with Crippen molar-refractivity contribution in [3.63, 3.8) is 0 Å². The largest absolute Gasteiger partial charge is 0.511 e. The van der Waals surface area contributed by atoms with Gasteiger partial charge in [0.25, 0.3) is 0 Å². The van der Waals surface area contributed by atoms with Gasteiger partial charge in [0.05, 0.1) is 6.04 Å². The van der Waals surface area contributed by atoms with Gasteiger partial charge in [0.15, 0.2) is 0 Å². The molecule has 0 fully saturated rings. The van der Waals surface area contributed by atoms with E-state index < -0.39 is 0 Å². The third kappa shape index (κ3) is 6.56. The molecule has 0 amide bonds. The molecule has 0 radical (unpaired) electrons. The van der Waals surface area contributed by atoms with Crippen LogP contribution < -0.4 is 0 Å². The van der Waals surface area contributed by atoms with Gasteiger partial charge >= 0.3 is 0 Å². The average molecular weight is 213 g/mol. The second kappa shape index (κ2) is 7.75. The minimum absolute atomic E-state index is 0.138. The number of aliphatic hydroxyl groups is 1. The van der Waals surface area contributed by atoms with Crippen LogP contribution >= 0.6 is 0 Å². The summed E-state index contributed by atoms with van der Waals surface area (Å²) in [4.78, 5) is 2.21. The van der Waals surface area contributed by atoms with Crippen LogP contribution in [0.15, 0.2) is 12.3 Å². The summed E-state index contributed by atoms with van der Waals surface area (Å²) in [7, 11) is 2.07. The summed E-state index contributed by atoms with van der Waals surface area (Å²) in [5.74, 6) is 0.942. The van der Waals surface area contributed by atoms with Crippen molar-refractivity contribution in [3.05, 3.63) is 12.3 Å². The van der Waals surface area contributed by atoms with E-state index in [0.717, 1.165) is 13.0 Å². The molecule has 1 atom stereocenters. The summed E-state index contributed by atoms with van der Waals surface area (Å²) < 4.78 is 0. The highest BCUT2D eigenvalue weighted by Gasteiger charge is 2.17. The smallest absolute Gasteiger partial charge is 0.102 e. The molecule has 0 saturated carbocycles. The molecule has 0 saturated heterocycles. The van der Waals surface area contributed by atoms with Crippen LogP contribution in [0, 0.1) is 5.92 Å². The van der Waals surface area contributed by atoms with Crippen molar-refractivity contribution in [3.8, 4) is 0 Å². The second-order valence-corrected chi connectivity index (χ2v) is 4.84. The minimum atomic E-state index is 0.138. The van der Waals surface area contributed by atoms with E-state index in [4.69, 9.17) is 0 Å². The van der Waals surface area contributed by atoms with Gasteiger partial charge in [-0.25, -0.2) is 0 Å². The first-order chi connectivity index (χ1) is 6.99. The highest BCUT2D eigenvalue weighted by atomic mass is 16.3. The fourth-order valence-electron chi connectivity index (χ4n) is 1.93. The molecule has 0 spiro atoms. The van der Waals surface area contributed by atoms with Crippen LogP contribution in [-0.4, -0.2) is 29.6 Å². The summed E-state index contributed by atoms with van der Waals surface area (Å²) in [5.41, 5.74) is 0. The van der Waals surface area contributed by atoms with Crippen molar-refractivity contribution < 1.29 is 5.11 Å². The fourth-order valence-corrected chi connectivity index (χ4v) is 1.93. The Labute approximate surface area is 95.0 Å². The van der Waals surface area contributed by atoms with Gasteiger partial charge in [-0.1, -0.05) is 46.6 Å². The van der Waals surface area contributed by atoms with E-state index in [1.807, 2.05) is 0 Å². The zero-order chi connectivity index (χ0) is 11.8. The summed E-state index contributed by atoms with van der Waals surface area (Å²) >= 11 is 0. The van der Waals surface area contributed by atoms with Gasteiger partial charge in [0.2, 0.25) is 0 Å². The molecular formula is C13H27NO. The van der Waals surface area contributed by atoms with Crippen LogP contribution in [-0.2, 0) is 0 Å². The lowest BCUT2D eigenvalue weighted by Crippen LogP contribution is -2.35. The first kappa shape index (κ1) is 14.5. The molecule has 1 unspecified atom stereocenters. The lowest BCUT2D eigenvalue weighted by molar-refractivity contribution is 0.181. The third-order valence-corrected chi connectivity index (χ3v) is 2.65. The van der Waals surface area contributed by atoms with Crippen molar-refractivity contribution in [2.75, 3.05) is 13.6 Å². The van der Waals surface area contributed by atoms with Crippen molar-refractivity contribution in [2.45, 2.75) is 52.5 Å². The van der Waals surface area contributed by atoms with E-state index in [2.05, 4.69) is 39.3 Å². The molecule has 0 aromatic rings. The van der Waals surface area contributed by atoms with Gasteiger partial charge in [-0.05, 0) is 19.4 Å². The fraction of sp³-hybridized carbons (Fsp3) is 0.846. The first-order valence-electron chi connectivity index (χ1n) is 6.07. The Bertz CT molecular complexity index is 177. The van der Waals surface area contributed by atoms with E-state index in [-0.39, 0.29) is 6.04 Å². The molecule has 2 heteroatoms. The summed E-state index contributed by atoms with van der Waals surface area (Å²) in [6.45, 7) is 11.3. The Morgan fingerprint density at radius 1 is 1.33 bits per heavy atom. The number of unbranched alkanes of at least 4 members (excludes halogenated alkanes) is 2. The summed E-state index contributed by atoms with van der Waals surface area (Å²) in [5, 5.41) is 9.56. The third-order valence-electron chi connectivity index (χ3n) is 2.65. The molecule has 15 heavy (non-hydrogen) atoms. The van der Waals surface area contributed by atoms with Gasteiger partial charge < -0.3 is 5.11 Å². The highest BCUT2D eigenvalue weighted by Crippen LogP contribution is 2.15. The number of hydrogen-bond donors (Lipinski definition) is 1. The van der Waals surface area contributed by atoms with Gasteiger partial charge in [0.1, 0.15) is 5.76 Å². The summed E-state index contributed by atoms with van der Waals surface area (Å²) in [6.07, 6.45) is 4.65. The van der Waals surface area contributed by atoms with Crippen LogP contribution in [0.25, 0.3) is 0 Å². The lowest BCUT2D eigenvalue weighted by Gasteiger charge is -2.28. The Balaban J connectivity index is 4.07. The normalized spacial score (nSPS) is 13.5. The van der Waals surface area contributed by atoms with E-state index in [0.29, 0.717) is 11.7 Å². The molecule has 0 heterocycles. The SMILES string of the molecule is C=C(O)C(CCCCC)N(C)CC(C)C. The van der Waals surface area contributed by atoms with E-state index >= 15 is 0 Å². The maximum atomic E-state index is 9.56. The molecule has 0 aromatic heterocycles. The zero-order valence-electron chi connectivity index (χ0n) is 10.8. The quantitative estimate of drug-likeness (QED) is 0.492. The predicted octanol–water partition coefficient (Wildman–Crippen LogP) is 3.59. The standard InChI is InChI=1S/C13H27NO/c1-6-7-8-9-13(12(4)15)14(5)10-11(2)3/h11,13,15H,4,6-10H2,1-3,5H3. The molecule has 0 aliphatic carbocycles. The molecule has 0 aromatic carbocycles. The summed E-state index contributed by atoms with van der Waals surface area (Å²) in [6, 6.07) is 0.138. The van der Waals surface area contributed by atoms with Crippen molar-refractivity contribution in [2.24, 2.45) is 5.92 Å². The van der Waals surface area contributed by atoms with Crippen LogP contribution in [0.4, 0.5) is 0 Å². The lowest BCUT2D eigenvalue weighted by atomic mass is 10.0. The molecule has 0 rings (SSSR count). The number of nitrogens with zero attached hydrogens (tertiary/aromatic N) is 1. The van der Waals surface area contributed by atoms with E-state index in [9.17, 15) is 5.11 Å². The highest BCUT2D eigenvalue weighted by molar-refractivity contribution is 4.95. The van der Waals surface area contributed by atoms with Crippen LogP contribution in [0.1, 0.15) is 46.5 Å². The van der Waals surface area contributed by atoms with Gasteiger partial charge in [-0.15, -0.1) is 0 Å². The molecule has 0 aliphatic heterocycles. The zero-order valence-corrected chi connectivity index (χ0v) is 10.8. The van der Waals surface area contributed by atoms with Crippen LogP contribution in [0.5, 0.6) is 0 Å². The number of aliphatic hydroxyl groups excluding tert-OH is 1. The topological polar surface area (TPSA) is 23.5 Å². The Morgan fingerprint density at radius 3 is 2.33 bits per heavy atom. The Hall–Kier alpha value is -0.500. The monoisotopic (exact) mass is 213 g/mol. The maximum absolute atomic E-state index is 9.56. The molecule has 1 N–H and O–H groups in total. The molecule has 0 bridgehead atoms. The van der Waals surface area contributed by atoms with Crippen molar-refractivity contribution >= 4 is 0 Å². The minimum Gasteiger partial charge on any atom is -0.511 e. The predicted molar refractivity (Wildman–Crippen MR) is 67.2 cm³/mol. The van der Waals surface area contributed by atoms with Crippen molar-refractivity contribution in [1.82, 2.24) is 4.90 Å². The van der Waals surface area contributed by atoms with Crippen molar-refractivity contribution in [1.29, 1.82) is 0 Å². The van der Waals surface area contributed by atoms with Crippen LogP contribution in [0.2, 0.25) is 0 Å². The molecule has 0 aliphatic rings. The van der Waals surface area contributed by atoms with Gasteiger partial charge in [-0.2, -0.15) is 0 Å². The van der Waals surface area contributed by atoms with E-state index in [1.165, 1.54) is 19.3 Å². The molecule has 2 nitrogen and oxygen atoms in total. The maximum Gasteiger partial charge on any atom is 0.102 e. The molecule has 90 valence electrons. The van der Waals surface area contributed by atoms with Gasteiger partial charge in [-0.3, -0.25) is 4.90 Å². The number of hydrogen-bond acceptors (Lipinski definition) is 2. The Kier molecular flexibility index (Phi) is 7.49. The first-order valence-corrected chi connectivity index (χ1v) is 6.07. The molecular weight excluding hydrogens is 186 g/mol. The average Bonchev–Trinajstić information content (AvgIpc) is 2.10. The number of likely N-dealkylation sites (N-methyl/N-ethyl adjacent to an activating group) is 1. The van der Waals surface area contributed by atoms with Gasteiger partial charge in [0, 0.05) is 6.54 Å². The second-order valence-electron chi connectivity index (χ2n) is 4.84. The van der Waals surface area contributed by atoms with Crippen LogP contribution in [0.3, 0.4) is 0 Å². The number of rotatable bonds is 8. The Morgan fingerprint density at radius 2 is 1.93 bits per heavy atom. The van der Waals surface area contributed by atoms with E-state index in [1.54, 1.807) is 0 Å².